The quantitative estimate of drug-likeness (QED) is 0.774. The Morgan fingerprint density at radius 1 is 1.25 bits per heavy atom. The summed E-state index contributed by atoms with van der Waals surface area (Å²) in [6.45, 7) is 3.80. The van der Waals surface area contributed by atoms with E-state index in [9.17, 15) is 14.4 Å². The van der Waals surface area contributed by atoms with Crippen LogP contribution in [0.25, 0.3) is 0 Å². The highest BCUT2D eigenvalue weighted by Gasteiger charge is 2.12. The van der Waals surface area contributed by atoms with Crippen molar-refractivity contribution in [1.29, 1.82) is 0 Å². The third-order valence-corrected chi connectivity index (χ3v) is 2.17. The molecule has 0 atom stereocenters. The fraction of sp³-hybridized carbons (Fsp3) is 0.385. The number of pyridine rings is 1. The molecule has 1 aromatic rings. The van der Waals surface area contributed by atoms with Gasteiger partial charge in [-0.25, -0.2) is 9.59 Å². The van der Waals surface area contributed by atoms with E-state index < -0.39 is 24.5 Å². The second kappa shape index (κ2) is 7.88. The van der Waals surface area contributed by atoms with E-state index in [1.54, 1.807) is 0 Å². The summed E-state index contributed by atoms with van der Waals surface area (Å²) in [6, 6.07) is 2.33. The van der Waals surface area contributed by atoms with Gasteiger partial charge in [0.15, 0.2) is 6.61 Å². The molecule has 20 heavy (non-hydrogen) atoms. The number of hydrogen-bond acceptors (Lipinski definition) is 5. The van der Waals surface area contributed by atoms with Crippen LogP contribution in [0.15, 0.2) is 24.5 Å². The third-order valence-electron chi connectivity index (χ3n) is 2.17. The molecule has 1 heterocycles. The lowest BCUT2D eigenvalue weighted by molar-refractivity contribution is -0.123. The van der Waals surface area contributed by atoms with Crippen LogP contribution >= 0.6 is 0 Å². The number of hydrogen-bond donors (Lipinski definition) is 2. The molecular formula is C13H17N3O4. The third kappa shape index (κ3) is 5.94. The largest absolute Gasteiger partial charge is 0.452 e. The van der Waals surface area contributed by atoms with E-state index >= 15 is 0 Å². The van der Waals surface area contributed by atoms with Crippen molar-refractivity contribution in [2.24, 2.45) is 5.92 Å². The van der Waals surface area contributed by atoms with Gasteiger partial charge in [-0.15, -0.1) is 0 Å². The Morgan fingerprint density at radius 3 is 2.50 bits per heavy atom. The van der Waals surface area contributed by atoms with Crippen LogP contribution in [0.3, 0.4) is 0 Å². The average molecular weight is 279 g/mol. The lowest BCUT2D eigenvalue weighted by Crippen LogP contribution is -2.42. The fourth-order valence-corrected chi connectivity index (χ4v) is 1.21. The number of esters is 1. The topological polar surface area (TPSA) is 97.4 Å². The number of imide groups is 1. The van der Waals surface area contributed by atoms with Crippen molar-refractivity contribution in [2.75, 3.05) is 13.2 Å². The molecule has 1 aromatic heterocycles. The lowest BCUT2D eigenvalue weighted by Gasteiger charge is -2.08. The molecule has 3 amide bonds. The Morgan fingerprint density at radius 2 is 1.90 bits per heavy atom. The van der Waals surface area contributed by atoms with Crippen molar-refractivity contribution in [3.8, 4) is 0 Å². The van der Waals surface area contributed by atoms with Gasteiger partial charge in [0.2, 0.25) is 0 Å². The molecule has 7 nitrogen and oxygen atoms in total. The smallest absolute Gasteiger partial charge is 0.338 e. The van der Waals surface area contributed by atoms with Gasteiger partial charge in [0, 0.05) is 18.9 Å². The van der Waals surface area contributed by atoms with E-state index in [0.717, 1.165) is 0 Å². The normalized spacial score (nSPS) is 9.95. The van der Waals surface area contributed by atoms with Crippen molar-refractivity contribution in [1.82, 2.24) is 15.6 Å². The van der Waals surface area contributed by atoms with Gasteiger partial charge in [0.25, 0.3) is 5.91 Å². The van der Waals surface area contributed by atoms with E-state index in [2.05, 4.69) is 15.6 Å². The maximum absolute atomic E-state index is 11.5. The summed E-state index contributed by atoms with van der Waals surface area (Å²) in [5.41, 5.74) is 0.289. The fourth-order valence-electron chi connectivity index (χ4n) is 1.21. The van der Waals surface area contributed by atoms with Crippen LogP contribution in [0.1, 0.15) is 24.2 Å². The summed E-state index contributed by atoms with van der Waals surface area (Å²) in [6.07, 6.45) is 2.88. The molecule has 0 aliphatic carbocycles. The molecule has 0 aromatic carbocycles. The first-order valence-electron chi connectivity index (χ1n) is 6.14. The van der Waals surface area contributed by atoms with Crippen LogP contribution in [0.4, 0.5) is 4.79 Å². The van der Waals surface area contributed by atoms with Crippen LogP contribution < -0.4 is 10.6 Å². The molecule has 0 radical (unpaired) electrons. The van der Waals surface area contributed by atoms with Crippen molar-refractivity contribution in [3.63, 3.8) is 0 Å². The minimum absolute atomic E-state index is 0.278. The second-order valence-corrected chi connectivity index (χ2v) is 4.46. The highest BCUT2D eigenvalue weighted by atomic mass is 16.5. The van der Waals surface area contributed by atoms with Crippen molar-refractivity contribution < 1.29 is 19.1 Å². The minimum atomic E-state index is -0.686. The molecule has 7 heteroatoms. The van der Waals surface area contributed by atoms with Gasteiger partial charge >= 0.3 is 12.0 Å². The minimum Gasteiger partial charge on any atom is -0.452 e. The Balaban J connectivity index is 2.30. The number of carbonyl (C=O) groups is 3. The van der Waals surface area contributed by atoms with Gasteiger partial charge in [-0.1, -0.05) is 13.8 Å². The number of nitrogens with one attached hydrogen (secondary N) is 2. The predicted molar refractivity (Wildman–Crippen MR) is 70.9 cm³/mol. The number of rotatable bonds is 5. The number of amides is 3. The molecule has 108 valence electrons. The average Bonchev–Trinajstić information content (AvgIpc) is 2.43. The van der Waals surface area contributed by atoms with E-state index in [1.165, 1.54) is 24.5 Å². The molecular weight excluding hydrogens is 262 g/mol. The Bertz CT molecular complexity index is 474. The van der Waals surface area contributed by atoms with E-state index in [0.29, 0.717) is 6.54 Å². The molecule has 0 saturated heterocycles. The van der Waals surface area contributed by atoms with Crippen LogP contribution in [-0.2, 0) is 9.53 Å². The SMILES string of the molecule is CC(C)CNC(=O)NC(=O)COC(=O)c1ccncc1. The summed E-state index contributed by atoms with van der Waals surface area (Å²) < 4.78 is 4.76. The Hall–Kier alpha value is -2.44. The molecule has 2 N–H and O–H groups in total. The monoisotopic (exact) mass is 279 g/mol. The molecule has 1 rings (SSSR count). The first kappa shape index (κ1) is 15.6. The van der Waals surface area contributed by atoms with Gasteiger partial charge in [-0.3, -0.25) is 15.1 Å². The number of ether oxygens (including phenoxy) is 1. The Kier molecular flexibility index (Phi) is 6.15. The molecule has 0 spiro atoms. The summed E-state index contributed by atoms with van der Waals surface area (Å²) >= 11 is 0. The second-order valence-electron chi connectivity index (χ2n) is 4.46. The standard InChI is InChI=1S/C13H17N3O4/c1-9(2)7-15-13(19)16-11(17)8-20-12(18)10-3-5-14-6-4-10/h3-6,9H,7-8H2,1-2H3,(H2,15,16,17,19). The zero-order valence-corrected chi connectivity index (χ0v) is 11.4. The zero-order chi connectivity index (χ0) is 15.0. The zero-order valence-electron chi connectivity index (χ0n) is 11.4. The Labute approximate surface area is 116 Å². The highest BCUT2D eigenvalue weighted by molar-refractivity contribution is 5.96. The molecule has 0 unspecified atom stereocenters. The van der Waals surface area contributed by atoms with Crippen LogP contribution in [0.2, 0.25) is 0 Å². The van der Waals surface area contributed by atoms with E-state index in [-0.39, 0.29) is 11.5 Å². The van der Waals surface area contributed by atoms with E-state index in [1.807, 2.05) is 13.8 Å². The van der Waals surface area contributed by atoms with E-state index in [4.69, 9.17) is 4.74 Å². The van der Waals surface area contributed by atoms with Crippen LogP contribution in [0.5, 0.6) is 0 Å². The maximum Gasteiger partial charge on any atom is 0.338 e. The molecule has 0 bridgehead atoms. The van der Waals surface area contributed by atoms with Crippen LogP contribution in [0, 0.1) is 5.92 Å². The van der Waals surface area contributed by atoms with Crippen LogP contribution in [-0.4, -0.2) is 36.0 Å². The molecule has 0 saturated carbocycles. The summed E-state index contributed by atoms with van der Waals surface area (Å²) in [5, 5.41) is 4.58. The molecule has 0 fully saturated rings. The predicted octanol–water partition coefficient (Wildman–Crippen LogP) is 0.720. The first-order chi connectivity index (χ1) is 9.49. The van der Waals surface area contributed by atoms with Gasteiger partial charge in [0.1, 0.15) is 0 Å². The lowest BCUT2D eigenvalue weighted by atomic mass is 10.2. The highest BCUT2D eigenvalue weighted by Crippen LogP contribution is 1.98. The van der Waals surface area contributed by atoms with Crippen molar-refractivity contribution in [3.05, 3.63) is 30.1 Å². The van der Waals surface area contributed by atoms with Gasteiger partial charge in [-0.2, -0.15) is 0 Å². The number of urea groups is 1. The van der Waals surface area contributed by atoms with Gasteiger partial charge in [0.05, 0.1) is 5.56 Å². The van der Waals surface area contributed by atoms with Gasteiger partial charge in [-0.05, 0) is 18.1 Å². The summed E-state index contributed by atoms with van der Waals surface area (Å²) in [5.74, 6) is -1.06. The summed E-state index contributed by atoms with van der Waals surface area (Å²) in [7, 11) is 0. The van der Waals surface area contributed by atoms with Crippen molar-refractivity contribution in [2.45, 2.75) is 13.8 Å². The molecule has 0 aliphatic heterocycles. The maximum atomic E-state index is 11.5. The molecule has 0 aliphatic rings. The number of carbonyl (C=O) groups excluding carboxylic acids is 3. The number of nitrogens with zero attached hydrogens (tertiary/aromatic N) is 1. The van der Waals surface area contributed by atoms with Crippen molar-refractivity contribution >= 4 is 17.9 Å². The summed E-state index contributed by atoms with van der Waals surface area (Å²) in [4.78, 5) is 37.9. The van der Waals surface area contributed by atoms with Gasteiger partial charge < -0.3 is 10.1 Å². The first-order valence-corrected chi connectivity index (χ1v) is 6.14. The number of aromatic nitrogens is 1.